The molecule has 4 rings (SSSR count). The SMILES string of the molecule is O=C(CC1CCC(C2CC2)O1)NS(=O)(=O)c1ccc2[nH]ccc2c1. The number of fused-ring (bicyclic) bond motifs is 1. The van der Waals surface area contributed by atoms with Gasteiger partial charge >= 0.3 is 0 Å². The Bertz CT molecular complexity index is 870. The van der Waals surface area contributed by atoms with Gasteiger partial charge in [0.25, 0.3) is 10.0 Å². The normalized spacial score (nSPS) is 24.3. The summed E-state index contributed by atoms with van der Waals surface area (Å²) in [6.45, 7) is 0. The molecule has 2 atom stereocenters. The molecule has 1 amide bonds. The van der Waals surface area contributed by atoms with Crippen LogP contribution in [0.3, 0.4) is 0 Å². The number of carbonyl (C=O) groups excluding carboxylic acids is 1. The minimum atomic E-state index is -3.86. The minimum Gasteiger partial charge on any atom is -0.374 e. The smallest absolute Gasteiger partial charge is 0.264 e. The molecule has 24 heavy (non-hydrogen) atoms. The summed E-state index contributed by atoms with van der Waals surface area (Å²) in [5, 5.41) is 0.789. The lowest BCUT2D eigenvalue weighted by atomic mass is 10.1. The van der Waals surface area contributed by atoms with E-state index in [1.54, 1.807) is 24.4 Å². The molecule has 2 aliphatic rings. The highest BCUT2D eigenvalue weighted by Gasteiger charge is 2.38. The van der Waals surface area contributed by atoms with Gasteiger partial charge in [-0.25, -0.2) is 13.1 Å². The van der Waals surface area contributed by atoms with Crippen LogP contribution in [0.25, 0.3) is 10.9 Å². The van der Waals surface area contributed by atoms with E-state index in [4.69, 9.17) is 4.74 Å². The van der Waals surface area contributed by atoms with E-state index in [2.05, 4.69) is 9.71 Å². The Hall–Kier alpha value is -1.86. The molecule has 2 heterocycles. The van der Waals surface area contributed by atoms with E-state index in [1.807, 2.05) is 0 Å². The quantitative estimate of drug-likeness (QED) is 0.868. The highest BCUT2D eigenvalue weighted by molar-refractivity contribution is 7.90. The van der Waals surface area contributed by atoms with Crippen LogP contribution in [-0.2, 0) is 19.6 Å². The standard InChI is InChI=1S/C17H20N2O4S/c20-17(10-13-3-6-16(23-13)11-1-2-11)19-24(21,22)14-4-5-15-12(9-14)7-8-18-15/h4-5,7-9,11,13,16,18H,1-3,6,10H2,(H,19,20). The first kappa shape index (κ1) is 15.7. The van der Waals surface area contributed by atoms with Gasteiger partial charge in [-0.2, -0.15) is 0 Å². The molecular formula is C17H20N2O4S. The first-order valence-corrected chi connectivity index (χ1v) is 9.78. The molecule has 0 radical (unpaired) electrons. The summed E-state index contributed by atoms with van der Waals surface area (Å²) >= 11 is 0. The maximum Gasteiger partial charge on any atom is 0.264 e. The number of ether oxygens (including phenoxy) is 1. The van der Waals surface area contributed by atoms with Crippen molar-refractivity contribution in [3.05, 3.63) is 30.5 Å². The van der Waals surface area contributed by atoms with Crippen molar-refractivity contribution < 1.29 is 17.9 Å². The number of H-pyrrole nitrogens is 1. The van der Waals surface area contributed by atoms with Gasteiger partial charge in [-0.15, -0.1) is 0 Å². The first-order valence-electron chi connectivity index (χ1n) is 8.29. The van der Waals surface area contributed by atoms with Crippen LogP contribution in [0.4, 0.5) is 0 Å². The zero-order valence-electron chi connectivity index (χ0n) is 13.2. The topological polar surface area (TPSA) is 88.3 Å². The molecule has 2 aromatic rings. The van der Waals surface area contributed by atoms with Crippen LogP contribution < -0.4 is 4.72 Å². The van der Waals surface area contributed by atoms with Crippen LogP contribution in [-0.4, -0.2) is 31.5 Å². The van der Waals surface area contributed by atoms with E-state index in [0.29, 0.717) is 5.92 Å². The second-order valence-electron chi connectivity index (χ2n) is 6.67. The molecule has 1 aromatic heterocycles. The average Bonchev–Trinajstić information content (AvgIpc) is 3.09. The Labute approximate surface area is 140 Å². The predicted octanol–water partition coefficient (Wildman–Crippen LogP) is 2.32. The second-order valence-corrected chi connectivity index (χ2v) is 8.35. The second kappa shape index (κ2) is 5.89. The fraction of sp³-hybridized carbons (Fsp3) is 0.471. The maximum atomic E-state index is 12.4. The monoisotopic (exact) mass is 348 g/mol. The van der Waals surface area contributed by atoms with Gasteiger partial charge in [-0.05, 0) is 55.9 Å². The number of rotatable bonds is 5. The van der Waals surface area contributed by atoms with Crippen molar-refractivity contribution in [2.24, 2.45) is 5.92 Å². The van der Waals surface area contributed by atoms with E-state index in [0.717, 1.165) is 23.7 Å². The molecule has 0 spiro atoms. The van der Waals surface area contributed by atoms with Gasteiger partial charge in [-0.3, -0.25) is 4.79 Å². The fourth-order valence-electron chi connectivity index (χ4n) is 3.35. The number of amides is 1. The molecule has 1 saturated heterocycles. The number of carbonyl (C=O) groups is 1. The van der Waals surface area contributed by atoms with Gasteiger partial charge < -0.3 is 9.72 Å². The molecule has 6 nitrogen and oxygen atoms in total. The van der Waals surface area contributed by atoms with Gasteiger partial charge in [0.15, 0.2) is 0 Å². The van der Waals surface area contributed by atoms with Gasteiger partial charge in [0, 0.05) is 17.1 Å². The Morgan fingerprint density at radius 1 is 1.21 bits per heavy atom. The Balaban J connectivity index is 1.40. The lowest BCUT2D eigenvalue weighted by molar-refractivity contribution is -0.122. The van der Waals surface area contributed by atoms with E-state index in [9.17, 15) is 13.2 Å². The third kappa shape index (κ3) is 3.18. The van der Waals surface area contributed by atoms with Crippen molar-refractivity contribution in [2.45, 2.75) is 49.2 Å². The van der Waals surface area contributed by atoms with Crippen molar-refractivity contribution in [3.8, 4) is 0 Å². The summed E-state index contributed by atoms with van der Waals surface area (Å²) in [6.07, 6.45) is 6.14. The van der Waals surface area contributed by atoms with Gasteiger partial charge in [0.1, 0.15) is 0 Å². The van der Waals surface area contributed by atoms with Crippen molar-refractivity contribution in [2.75, 3.05) is 0 Å². The lowest BCUT2D eigenvalue weighted by Crippen LogP contribution is -2.33. The van der Waals surface area contributed by atoms with Gasteiger partial charge in [0.05, 0.1) is 23.5 Å². The van der Waals surface area contributed by atoms with Crippen molar-refractivity contribution >= 4 is 26.8 Å². The molecule has 128 valence electrons. The third-order valence-corrected chi connectivity index (χ3v) is 6.16. The van der Waals surface area contributed by atoms with Gasteiger partial charge in [-0.1, -0.05) is 0 Å². The predicted molar refractivity (Wildman–Crippen MR) is 88.9 cm³/mol. The van der Waals surface area contributed by atoms with E-state index < -0.39 is 15.9 Å². The molecule has 1 saturated carbocycles. The van der Waals surface area contributed by atoms with Crippen LogP contribution in [0.1, 0.15) is 32.1 Å². The summed E-state index contributed by atoms with van der Waals surface area (Å²) in [4.78, 5) is 15.2. The van der Waals surface area contributed by atoms with Crippen LogP contribution in [0.15, 0.2) is 35.4 Å². The van der Waals surface area contributed by atoms with Crippen LogP contribution in [0, 0.1) is 5.92 Å². The largest absolute Gasteiger partial charge is 0.374 e. The number of aromatic amines is 1. The third-order valence-electron chi connectivity index (χ3n) is 4.78. The number of nitrogens with one attached hydrogen (secondary N) is 2. The summed E-state index contributed by atoms with van der Waals surface area (Å²) in [7, 11) is -3.86. The number of hydrogen-bond acceptors (Lipinski definition) is 4. The zero-order valence-corrected chi connectivity index (χ0v) is 14.0. The molecule has 0 bridgehead atoms. The molecule has 7 heteroatoms. The Morgan fingerprint density at radius 2 is 2.04 bits per heavy atom. The number of benzene rings is 1. The number of sulfonamides is 1. The van der Waals surface area contributed by atoms with Crippen LogP contribution >= 0.6 is 0 Å². The molecule has 1 aliphatic heterocycles. The lowest BCUT2D eigenvalue weighted by Gasteiger charge is -2.13. The summed E-state index contributed by atoms with van der Waals surface area (Å²) in [5.41, 5.74) is 0.853. The van der Waals surface area contributed by atoms with Gasteiger partial charge in [0.2, 0.25) is 5.91 Å². The van der Waals surface area contributed by atoms with Crippen molar-refractivity contribution in [1.29, 1.82) is 0 Å². The molecular weight excluding hydrogens is 328 g/mol. The average molecular weight is 348 g/mol. The Kier molecular flexibility index (Phi) is 3.85. The number of hydrogen-bond donors (Lipinski definition) is 2. The first-order chi connectivity index (χ1) is 11.5. The summed E-state index contributed by atoms with van der Waals surface area (Å²) < 4.78 is 32.8. The highest BCUT2D eigenvalue weighted by atomic mass is 32.2. The van der Waals surface area contributed by atoms with Crippen molar-refractivity contribution in [3.63, 3.8) is 0 Å². The van der Waals surface area contributed by atoms with E-state index in [1.165, 1.54) is 18.9 Å². The maximum absolute atomic E-state index is 12.4. The molecule has 1 aromatic carbocycles. The minimum absolute atomic E-state index is 0.0890. The highest BCUT2D eigenvalue weighted by Crippen LogP contribution is 2.40. The molecule has 2 fully saturated rings. The molecule has 1 aliphatic carbocycles. The fourth-order valence-corrected chi connectivity index (χ4v) is 4.38. The van der Waals surface area contributed by atoms with Crippen LogP contribution in [0.2, 0.25) is 0 Å². The Morgan fingerprint density at radius 3 is 2.83 bits per heavy atom. The molecule has 2 unspecified atom stereocenters. The zero-order chi connectivity index (χ0) is 16.7. The van der Waals surface area contributed by atoms with E-state index in [-0.39, 0.29) is 23.5 Å². The summed E-state index contributed by atoms with van der Waals surface area (Å²) in [5.74, 6) is 0.139. The van der Waals surface area contributed by atoms with Crippen molar-refractivity contribution in [1.82, 2.24) is 9.71 Å². The van der Waals surface area contributed by atoms with Crippen LogP contribution in [0.5, 0.6) is 0 Å². The van der Waals surface area contributed by atoms with E-state index >= 15 is 0 Å². The molecule has 2 N–H and O–H groups in total. The summed E-state index contributed by atoms with van der Waals surface area (Å²) in [6, 6.07) is 6.52. The number of aromatic nitrogens is 1.